The van der Waals surface area contributed by atoms with Crippen molar-refractivity contribution in [3.05, 3.63) is 22.8 Å². The summed E-state index contributed by atoms with van der Waals surface area (Å²) >= 11 is 0. The van der Waals surface area contributed by atoms with Crippen LogP contribution in [0.15, 0.2) is 22.8 Å². The first-order valence-electron chi connectivity index (χ1n) is 8.53. The fraction of sp³-hybridized carbons (Fsp3) is 0.722. The van der Waals surface area contributed by atoms with Gasteiger partial charge in [0.2, 0.25) is 5.79 Å². The SMILES string of the molecule is CC1=C2[C@@H](O[Si](C)(C)C)[C@@]3(C)C(=CCC[C@@H]3C)C[C@@]2(O)OC1=O. The highest BCUT2D eigenvalue weighted by molar-refractivity contribution is 6.69. The van der Waals surface area contributed by atoms with E-state index in [0.29, 0.717) is 23.5 Å². The van der Waals surface area contributed by atoms with Crippen LogP contribution < -0.4 is 0 Å². The van der Waals surface area contributed by atoms with Crippen LogP contribution in [0, 0.1) is 11.3 Å². The second-order valence-corrected chi connectivity index (χ2v) is 13.0. The topological polar surface area (TPSA) is 55.8 Å². The molecule has 23 heavy (non-hydrogen) atoms. The molecule has 1 N–H and O–H groups in total. The Hall–Kier alpha value is -0.913. The lowest BCUT2D eigenvalue weighted by Gasteiger charge is -2.54. The quantitative estimate of drug-likeness (QED) is 0.476. The van der Waals surface area contributed by atoms with Crippen molar-refractivity contribution in [3.63, 3.8) is 0 Å². The number of ether oxygens (including phenoxy) is 1. The molecule has 0 unspecified atom stereocenters. The molecule has 0 aromatic heterocycles. The molecule has 0 saturated heterocycles. The van der Waals surface area contributed by atoms with Gasteiger partial charge in [-0.3, -0.25) is 0 Å². The van der Waals surface area contributed by atoms with E-state index >= 15 is 0 Å². The van der Waals surface area contributed by atoms with Gasteiger partial charge in [-0.2, -0.15) is 0 Å². The molecule has 0 bridgehead atoms. The molecule has 1 saturated carbocycles. The first kappa shape index (κ1) is 16.9. The van der Waals surface area contributed by atoms with Gasteiger partial charge >= 0.3 is 5.97 Å². The first-order valence-corrected chi connectivity index (χ1v) is 11.9. The smallest absolute Gasteiger partial charge is 0.336 e. The van der Waals surface area contributed by atoms with E-state index < -0.39 is 20.1 Å². The van der Waals surface area contributed by atoms with Gasteiger partial charge in [0.05, 0.1) is 6.10 Å². The Morgan fingerprint density at radius 3 is 2.65 bits per heavy atom. The summed E-state index contributed by atoms with van der Waals surface area (Å²) in [7, 11) is -1.88. The molecular weight excluding hydrogens is 308 g/mol. The molecule has 0 aromatic rings. The predicted octanol–water partition coefficient (Wildman–Crippen LogP) is 3.53. The number of esters is 1. The zero-order chi connectivity index (χ0) is 17.2. The minimum absolute atomic E-state index is 0.185. The second kappa shape index (κ2) is 5.04. The van der Waals surface area contributed by atoms with Gasteiger partial charge in [0.15, 0.2) is 8.32 Å². The number of aliphatic hydroxyl groups is 1. The van der Waals surface area contributed by atoms with Crippen molar-refractivity contribution in [1.82, 2.24) is 0 Å². The zero-order valence-electron chi connectivity index (χ0n) is 15.0. The van der Waals surface area contributed by atoms with Gasteiger partial charge in [-0.15, -0.1) is 0 Å². The minimum Gasteiger partial charge on any atom is -0.425 e. The molecule has 0 aromatic carbocycles. The van der Waals surface area contributed by atoms with Crippen molar-refractivity contribution in [2.24, 2.45) is 11.3 Å². The normalized spacial score (nSPS) is 40.5. The van der Waals surface area contributed by atoms with Gasteiger partial charge in [-0.1, -0.05) is 25.5 Å². The number of carbonyl (C=O) groups excluding carboxylic acids is 1. The summed E-state index contributed by atoms with van der Waals surface area (Å²) in [6.45, 7) is 12.7. The van der Waals surface area contributed by atoms with Crippen molar-refractivity contribution in [2.75, 3.05) is 0 Å². The molecule has 0 amide bonds. The highest BCUT2D eigenvalue weighted by Crippen LogP contribution is 2.58. The maximum atomic E-state index is 12.1. The number of rotatable bonds is 2. The highest BCUT2D eigenvalue weighted by Gasteiger charge is 2.61. The standard InChI is InChI=1S/C18H28O4Si/c1-11-8-7-9-13-10-18(20)14(12(2)16(19)21-18)15(17(11,13)3)22-23(4,5)6/h9,11,15,20H,7-8,10H2,1-6H3/t11-,15+,17+,18+/m0/s1. The molecule has 0 spiro atoms. The van der Waals surface area contributed by atoms with E-state index in [-0.39, 0.29) is 11.5 Å². The lowest BCUT2D eigenvalue weighted by Crippen LogP contribution is -2.57. The third-order valence-electron chi connectivity index (χ3n) is 5.81. The number of fused-ring (bicyclic) bond motifs is 2. The molecular formula is C18H28O4Si. The number of carbonyl (C=O) groups is 1. The fourth-order valence-corrected chi connectivity index (χ4v) is 5.42. The molecule has 4 nitrogen and oxygen atoms in total. The molecule has 1 fully saturated rings. The zero-order valence-corrected chi connectivity index (χ0v) is 16.0. The average molecular weight is 337 g/mol. The summed E-state index contributed by atoms with van der Waals surface area (Å²) in [4.78, 5) is 12.1. The molecule has 2 aliphatic carbocycles. The Balaban J connectivity index is 2.20. The summed E-state index contributed by atoms with van der Waals surface area (Å²) in [5.41, 5.74) is 2.18. The third-order valence-corrected chi connectivity index (χ3v) is 6.75. The van der Waals surface area contributed by atoms with E-state index in [1.807, 2.05) is 0 Å². The summed E-state index contributed by atoms with van der Waals surface area (Å²) in [5.74, 6) is -1.50. The van der Waals surface area contributed by atoms with Gasteiger partial charge in [-0.05, 0) is 45.3 Å². The number of allylic oxidation sites excluding steroid dienone is 1. The van der Waals surface area contributed by atoms with Crippen molar-refractivity contribution in [2.45, 2.75) is 71.6 Å². The van der Waals surface area contributed by atoms with Crippen molar-refractivity contribution < 1.29 is 19.1 Å². The Morgan fingerprint density at radius 2 is 2.04 bits per heavy atom. The Morgan fingerprint density at radius 1 is 1.39 bits per heavy atom. The first-order chi connectivity index (χ1) is 10.5. The van der Waals surface area contributed by atoms with Crippen LogP contribution in [0.2, 0.25) is 19.6 Å². The molecule has 3 rings (SSSR count). The molecule has 4 atom stereocenters. The highest BCUT2D eigenvalue weighted by atomic mass is 28.4. The van der Waals surface area contributed by atoms with Crippen molar-refractivity contribution >= 4 is 14.3 Å². The van der Waals surface area contributed by atoms with E-state index in [4.69, 9.17) is 9.16 Å². The van der Waals surface area contributed by atoms with Gasteiger partial charge < -0.3 is 14.3 Å². The van der Waals surface area contributed by atoms with E-state index in [1.54, 1.807) is 6.92 Å². The van der Waals surface area contributed by atoms with Gasteiger partial charge in [0.1, 0.15) is 0 Å². The van der Waals surface area contributed by atoms with E-state index in [0.717, 1.165) is 12.8 Å². The van der Waals surface area contributed by atoms with Crippen molar-refractivity contribution in [3.8, 4) is 0 Å². The Kier molecular flexibility index (Phi) is 3.71. The Bertz CT molecular complexity index is 615. The average Bonchev–Trinajstić information content (AvgIpc) is 2.62. The lowest BCUT2D eigenvalue weighted by atomic mass is 9.56. The molecule has 5 heteroatoms. The van der Waals surface area contributed by atoms with E-state index in [9.17, 15) is 9.90 Å². The van der Waals surface area contributed by atoms with E-state index in [2.05, 4.69) is 39.6 Å². The maximum Gasteiger partial charge on any atom is 0.336 e. The molecule has 0 radical (unpaired) electrons. The van der Waals surface area contributed by atoms with Crippen LogP contribution in [-0.2, 0) is 14.0 Å². The lowest BCUT2D eigenvalue weighted by molar-refractivity contribution is -0.193. The van der Waals surface area contributed by atoms with Crippen LogP contribution >= 0.6 is 0 Å². The number of hydrogen-bond acceptors (Lipinski definition) is 4. The summed E-state index contributed by atoms with van der Waals surface area (Å²) in [6, 6.07) is 0. The van der Waals surface area contributed by atoms with Gasteiger partial charge in [0, 0.05) is 23.0 Å². The van der Waals surface area contributed by atoms with E-state index in [1.165, 1.54) is 5.57 Å². The molecule has 128 valence electrons. The minimum atomic E-state index is -1.88. The molecule has 3 aliphatic rings. The largest absolute Gasteiger partial charge is 0.425 e. The second-order valence-electron chi connectivity index (χ2n) is 8.49. The maximum absolute atomic E-state index is 12.1. The van der Waals surface area contributed by atoms with Crippen LogP contribution in [0.3, 0.4) is 0 Å². The summed E-state index contributed by atoms with van der Waals surface area (Å²) in [5, 5.41) is 11.1. The van der Waals surface area contributed by atoms with Gasteiger partial charge in [-0.25, -0.2) is 4.79 Å². The molecule has 1 heterocycles. The number of hydrogen-bond donors (Lipinski definition) is 1. The van der Waals surface area contributed by atoms with Gasteiger partial charge in [0.25, 0.3) is 0 Å². The van der Waals surface area contributed by atoms with Crippen molar-refractivity contribution in [1.29, 1.82) is 0 Å². The molecule has 1 aliphatic heterocycles. The van der Waals surface area contributed by atoms with Crippen LogP contribution in [0.25, 0.3) is 0 Å². The summed E-state index contributed by atoms with van der Waals surface area (Å²) < 4.78 is 11.9. The Labute approximate surface area is 139 Å². The van der Waals surface area contributed by atoms with Crippen LogP contribution in [0.5, 0.6) is 0 Å². The van der Waals surface area contributed by atoms with Crippen LogP contribution in [0.1, 0.15) is 40.0 Å². The van der Waals surface area contributed by atoms with Crippen LogP contribution in [-0.4, -0.2) is 31.3 Å². The third kappa shape index (κ3) is 2.44. The predicted molar refractivity (Wildman–Crippen MR) is 91.2 cm³/mol. The monoisotopic (exact) mass is 336 g/mol. The van der Waals surface area contributed by atoms with Crippen LogP contribution in [0.4, 0.5) is 0 Å². The summed E-state index contributed by atoms with van der Waals surface area (Å²) in [6.07, 6.45) is 4.41. The fourth-order valence-electron chi connectivity index (χ4n) is 4.35.